The van der Waals surface area contributed by atoms with Gasteiger partial charge in [-0.15, -0.1) is 0 Å². The summed E-state index contributed by atoms with van der Waals surface area (Å²) in [5.41, 5.74) is 2.51. The minimum Gasteiger partial charge on any atom is -0.326 e. The number of hydrogen-bond acceptors (Lipinski definition) is 3. The van der Waals surface area contributed by atoms with Crippen LogP contribution < -0.4 is 9.62 Å². The third-order valence-corrected chi connectivity index (χ3v) is 6.65. The lowest BCUT2D eigenvalue weighted by Crippen LogP contribution is -2.36. The number of nitrogens with zero attached hydrogens (tertiary/aromatic N) is 1. The second-order valence-electron chi connectivity index (χ2n) is 6.54. The third-order valence-electron chi connectivity index (χ3n) is 4.87. The number of benzene rings is 1. The molecule has 1 aromatic carbocycles. The highest BCUT2D eigenvalue weighted by molar-refractivity contribution is 7.92. The summed E-state index contributed by atoms with van der Waals surface area (Å²) in [4.78, 5) is 12.2. The van der Waals surface area contributed by atoms with Gasteiger partial charge in [-0.3, -0.25) is 9.10 Å². The molecule has 6 heteroatoms. The fourth-order valence-corrected chi connectivity index (χ4v) is 4.35. The molecule has 1 heterocycles. The van der Waals surface area contributed by atoms with Crippen molar-refractivity contribution in [3.63, 3.8) is 0 Å². The Bertz CT molecular complexity index is 711. The van der Waals surface area contributed by atoms with Crippen LogP contribution in [-0.2, 0) is 21.2 Å². The largest absolute Gasteiger partial charge is 0.326 e. The molecule has 1 amide bonds. The molecule has 1 unspecified atom stereocenters. The number of sulfonamides is 1. The van der Waals surface area contributed by atoms with E-state index in [2.05, 4.69) is 5.32 Å². The summed E-state index contributed by atoms with van der Waals surface area (Å²) in [6, 6.07) is 5.54. The molecule has 3 rings (SSSR count). The molecule has 0 spiro atoms. The van der Waals surface area contributed by atoms with Crippen LogP contribution in [0.15, 0.2) is 18.2 Å². The smallest absolute Gasteiger partial charge is 0.234 e. The number of carbonyl (C=O) groups excluding carboxylic acids is 1. The number of aryl methyl sites for hydroxylation is 1. The van der Waals surface area contributed by atoms with Crippen molar-refractivity contribution in [3.8, 4) is 0 Å². The normalized spacial score (nSPS) is 19.1. The van der Waals surface area contributed by atoms with Gasteiger partial charge in [0.05, 0.1) is 11.4 Å². The molecule has 0 bridgehead atoms. The summed E-state index contributed by atoms with van der Waals surface area (Å²) in [5, 5.41) is 2.97. The zero-order chi connectivity index (χ0) is 16.6. The van der Waals surface area contributed by atoms with Crippen LogP contribution in [0.2, 0.25) is 0 Å². The maximum atomic E-state index is 12.2. The quantitative estimate of drug-likeness (QED) is 0.899. The molecule has 126 valence electrons. The molecule has 0 aromatic heterocycles. The molecule has 1 fully saturated rings. The molecular weight excluding hydrogens is 312 g/mol. The van der Waals surface area contributed by atoms with E-state index in [4.69, 9.17) is 0 Å². The Balaban J connectivity index is 1.80. The van der Waals surface area contributed by atoms with E-state index in [9.17, 15) is 13.2 Å². The number of rotatable bonds is 5. The fraction of sp³-hybridized carbons (Fsp3) is 0.588. The Morgan fingerprint density at radius 3 is 2.78 bits per heavy atom. The van der Waals surface area contributed by atoms with Crippen LogP contribution in [0.1, 0.15) is 38.7 Å². The molecule has 5 nitrogen and oxygen atoms in total. The molecule has 1 atom stereocenters. The number of hydrogen-bond donors (Lipinski definition) is 1. The van der Waals surface area contributed by atoms with E-state index >= 15 is 0 Å². The van der Waals surface area contributed by atoms with Crippen molar-refractivity contribution in [2.24, 2.45) is 11.8 Å². The molecule has 23 heavy (non-hydrogen) atoms. The maximum Gasteiger partial charge on any atom is 0.234 e. The zero-order valence-corrected chi connectivity index (χ0v) is 14.5. The number of nitrogens with one attached hydrogen (secondary N) is 1. The Morgan fingerprint density at radius 1 is 1.39 bits per heavy atom. The SMILES string of the molecule is CCS(=O)(=O)N1CCCc2cc(NC(=O)C(C)C3CC3)ccc21. The summed E-state index contributed by atoms with van der Waals surface area (Å²) >= 11 is 0. The number of anilines is 2. The highest BCUT2D eigenvalue weighted by Crippen LogP contribution is 2.37. The molecular formula is C17H24N2O3S. The molecule has 0 saturated heterocycles. The lowest BCUT2D eigenvalue weighted by Gasteiger charge is -2.30. The Morgan fingerprint density at radius 2 is 2.13 bits per heavy atom. The predicted molar refractivity (Wildman–Crippen MR) is 92.1 cm³/mol. The van der Waals surface area contributed by atoms with Gasteiger partial charge in [-0.2, -0.15) is 0 Å². The molecule has 1 aromatic rings. The minimum absolute atomic E-state index is 0.0444. The van der Waals surface area contributed by atoms with Gasteiger partial charge in [0, 0.05) is 18.2 Å². The lowest BCUT2D eigenvalue weighted by molar-refractivity contribution is -0.119. The maximum absolute atomic E-state index is 12.2. The molecule has 2 aliphatic rings. The van der Waals surface area contributed by atoms with Gasteiger partial charge < -0.3 is 5.32 Å². The first-order chi connectivity index (χ1) is 10.9. The summed E-state index contributed by atoms with van der Waals surface area (Å²) in [5.74, 6) is 0.728. The standard InChI is InChI=1S/C17H24N2O3S/c1-3-23(21,22)19-10-4-5-14-11-15(8-9-16(14)19)18-17(20)12(2)13-6-7-13/h8-9,11-13H,3-7,10H2,1-2H3,(H,18,20). The van der Waals surface area contributed by atoms with Crippen LogP contribution >= 0.6 is 0 Å². The van der Waals surface area contributed by atoms with E-state index in [1.165, 1.54) is 4.31 Å². The van der Waals surface area contributed by atoms with Crippen LogP contribution in [0.25, 0.3) is 0 Å². The van der Waals surface area contributed by atoms with Crippen molar-refractivity contribution in [1.29, 1.82) is 0 Å². The van der Waals surface area contributed by atoms with Gasteiger partial charge in [-0.1, -0.05) is 6.92 Å². The van der Waals surface area contributed by atoms with E-state index in [0.717, 1.165) is 42.6 Å². The summed E-state index contributed by atoms with van der Waals surface area (Å²) in [7, 11) is -3.24. The molecule has 0 radical (unpaired) electrons. The monoisotopic (exact) mass is 336 g/mol. The Labute approximate surface area is 138 Å². The summed E-state index contributed by atoms with van der Waals surface area (Å²) in [6.45, 7) is 4.17. The Hall–Kier alpha value is -1.56. The summed E-state index contributed by atoms with van der Waals surface area (Å²) < 4.78 is 25.9. The molecule has 1 saturated carbocycles. The van der Waals surface area contributed by atoms with Crippen LogP contribution in [0.4, 0.5) is 11.4 Å². The van der Waals surface area contributed by atoms with E-state index in [1.807, 2.05) is 19.1 Å². The third kappa shape index (κ3) is 3.37. The molecule has 1 N–H and O–H groups in total. The summed E-state index contributed by atoms with van der Waals surface area (Å²) in [6.07, 6.45) is 3.93. The molecule has 1 aliphatic carbocycles. The van der Waals surface area contributed by atoms with E-state index in [0.29, 0.717) is 12.5 Å². The van der Waals surface area contributed by atoms with Crippen LogP contribution in [0, 0.1) is 11.8 Å². The number of carbonyl (C=O) groups is 1. The first-order valence-corrected chi connectivity index (χ1v) is 9.97. The second kappa shape index (κ2) is 6.15. The van der Waals surface area contributed by atoms with Crippen molar-refractivity contribution >= 4 is 27.3 Å². The lowest BCUT2D eigenvalue weighted by atomic mass is 10.0. The first kappa shape index (κ1) is 16.3. The van der Waals surface area contributed by atoms with Crippen molar-refractivity contribution in [3.05, 3.63) is 23.8 Å². The number of fused-ring (bicyclic) bond motifs is 1. The van der Waals surface area contributed by atoms with E-state index in [1.54, 1.807) is 13.0 Å². The average Bonchev–Trinajstić information content (AvgIpc) is 3.38. The van der Waals surface area contributed by atoms with Crippen LogP contribution in [0.3, 0.4) is 0 Å². The van der Waals surface area contributed by atoms with Crippen molar-refractivity contribution < 1.29 is 13.2 Å². The second-order valence-corrected chi connectivity index (χ2v) is 8.72. The van der Waals surface area contributed by atoms with Crippen LogP contribution in [-0.4, -0.2) is 26.6 Å². The number of amides is 1. The van der Waals surface area contributed by atoms with Crippen molar-refractivity contribution in [2.45, 2.75) is 39.5 Å². The predicted octanol–water partition coefficient (Wildman–Crippen LogP) is 2.77. The Kier molecular flexibility index (Phi) is 4.36. The van der Waals surface area contributed by atoms with Gasteiger partial charge in [-0.05, 0) is 62.3 Å². The van der Waals surface area contributed by atoms with E-state index < -0.39 is 10.0 Å². The van der Waals surface area contributed by atoms with Gasteiger partial charge in [0.2, 0.25) is 15.9 Å². The topological polar surface area (TPSA) is 66.5 Å². The highest BCUT2D eigenvalue weighted by atomic mass is 32.2. The van der Waals surface area contributed by atoms with Gasteiger partial charge in [0.1, 0.15) is 0 Å². The minimum atomic E-state index is -3.24. The highest BCUT2D eigenvalue weighted by Gasteiger charge is 2.33. The van der Waals surface area contributed by atoms with Crippen molar-refractivity contribution in [1.82, 2.24) is 0 Å². The van der Waals surface area contributed by atoms with Crippen molar-refractivity contribution in [2.75, 3.05) is 21.9 Å². The van der Waals surface area contributed by atoms with Crippen LogP contribution in [0.5, 0.6) is 0 Å². The van der Waals surface area contributed by atoms with E-state index in [-0.39, 0.29) is 17.6 Å². The fourth-order valence-electron chi connectivity index (χ4n) is 3.15. The molecule has 1 aliphatic heterocycles. The zero-order valence-electron chi connectivity index (χ0n) is 13.7. The first-order valence-electron chi connectivity index (χ1n) is 8.36. The van der Waals surface area contributed by atoms with Gasteiger partial charge in [0.15, 0.2) is 0 Å². The average molecular weight is 336 g/mol. The van der Waals surface area contributed by atoms with Gasteiger partial charge in [0.25, 0.3) is 0 Å². The van der Waals surface area contributed by atoms with Gasteiger partial charge >= 0.3 is 0 Å². The van der Waals surface area contributed by atoms with Gasteiger partial charge in [-0.25, -0.2) is 8.42 Å².